The minimum atomic E-state index is -2.25. The zero-order valence-corrected chi connectivity index (χ0v) is 7.30. The van der Waals surface area contributed by atoms with E-state index in [2.05, 4.69) is 5.43 Å². The van der Waals surface area contributed by atoms with Crippen molar-refractivity contribution >= 4 is 5.91 Å². The molecular formula is C8H14F2N2O. The van der Waals surface area contributed by atoms with Crippen molar-refractivity contribution in [1.29, 1.82) is 0 Å². The number of alkyl halides is 2. The molecule has 1 fully saturated rings. The number of hydrogen-bond donors (Lipinski definition) is 2. The van der Waals surface area contributed by atoms with Crippen molar-refractivity contribution in [2.45, 2.75) is 32.1 Å². The molecule has 0 aliphatic heterocycles. The van der Waals surface area contributed by atoms with E-state index in [1.165, 1.54) is 0 Å². The van der Waals surface area contributed by atoms with Gasteiger partial charge in [-0.05, 0) is 25.7 Å². The van der Waals surface area contributed by atoms with Gasteiger partial charge in [0.1, 0.15) is 0 Å². The highest BCUT2D eigenvalue weighted by Crippen LogP contribution is 2.32. The molecular weight excluding hydrogens is 178 g/mol. The van der Waals surface area contributed by atoms with Crippen LogP contribution in [0, 0.1) is 11.8 Å². The zero-order chi connectivity index (χ0) is 9.84. The van der Waals surface area contributed by atoms with Gasteiger partial charge < -0.3 is 0 Å². The maximum atomic E-state index is 12.2. The minimum absolute atomic E-state index is 0.167. The summed E-state index contributed by atoms with van der Waals surface area (Å²) in [5, 5.41) is 0. The van der Waals surface area contributed by atoms with Crippen molar-refractivity contribution in [2.75, 3.05) is 0 Å². The number of nitrogens with two attached hydrogens (primary N) is 1. The van der Waals surface area contributed by atoms with Gasteiger partial charge in [-0.2, -0.15) is 0 Å². The Morgan fingerprint density at radius 1 is 1.31 bits per heavy atom. The van der Waals surface area contributed by atoms with Gasteiger partial charge in [0.25, 0.3) is 0 Å². The molecule has 3 N–H and O–H groups in total. The van der Waals surface area contributed by atoms with Gasteiger partial charge in [0.2, 0.25) is 12.3 Å². The van der Waals surface area contributed by atoms with Crippen LogP contribution in [0.5, 0.6) is 0 Å². The molecule has 1 aliphatic rings. The van der Waals surface area contributed by atoms with E-state index in [0.717, 1.165) is 0 Å². The van der Waals surface area contributed by atoms with Crippen LogP contribution < -0.4 is 11.3 Å². The van der Waals surface area contributed by atoms with Crippen LogP contribution in [0.25, 0.3) is 0 Å². The van der Waals surface area contributed by atoms with Crippen molar-refractivity contribution in [3.8, 4) is 0 Å². The fourth-order valence-electron chi connectivity index (χ4n) is 1.75. The highest BCUT2D eigenvalue weighted by Gasteiger charge is 2.30. The van der Waals surface area contributed by atoms with Crippen LogP contribution in [-0.2, 0) is 4.79 Å². The molecule has 0 aromatic rings. The lowest BCUT2D eigenvalue weighted by atomic mass is 9.82. The molecule has 0 aromatic heterocycles. The van der Waals surface area contributed by atoms with E-state index in [4.69, 9.17) is 5.84 Å². The summed E-state index contributed by atoms with van der Waals surface area (Å²) in [4.78, 5) is 11.0. The average molecular weight is 192 g/mol. The summed E-state index contributed by atoms with van der Waals surface area (Å²) in [5.41, 5.74) is 2.05. The Balaban J connectivity index is 2.34. The van der Waals surface area contributed by atoms with E-state index in [1.807, 2.05) is 0 Å². The van der Waals surface area contributed by atoms with Crippen molar-refractivity contribution in [3.05, 3.63) is 0 Å². The maximum Gasteiger partial charge on any atom is 0.241 e. The van der Waals surface area contributed by atoms with Gasteiger partial charge in [0.05, 0.1) is 0 Å². The third-order valence-corrected chi connectivity index (χ3v) is 2.64. The first kappa shape index (κ1) is 10.4. The van der Waals surface area contributed by atoms with Gasteiger partial charge in [0, 0.05) is 11.8 Å². The molecule has 3 nitrogen and oxygen atoms in total. The molecule has 0 saturated heterocycles. The summed E-state index contributed by atoms with van der Waals surface area (Å²) < 4.78 is 24.4. The molecule has 0 spiro atoms. The lowest BCUT2D eigenvalue weighted by molar-refractivity contribution is -0.126. The van der Waals surface area contributed by atoms with E-state index in [1.54, 1.807) is 0 Å². The van der Waals surface area contributed by atoms with Gasteiger partial charge in [-0.25, -0.2) is 14.6 Å². The quantitative estimate of drug-likeness (QED) is 0.390. The normalized spacial score (nSPS) is 28.9. The Morgan fingerprint density at radius 2 is 1.85 bits per heavy atom. The molecule has 1 aliphatic carbocycles. The maximum absolute atomic E-state index is 12.2. The summed E-state index contributed by atoms with van der Waals surface area (Å²) in [6.07, 6.45) is -0.344. The monoisotopic (exact) mass is 192 g/mol. The van der Waals surface area contributed by atoms with Crippen molar-refractivity contribution < 1.29 is 13.6 Å². The Bertz CT molecular complexity index is 179. The third kappa shape index (κ3) is 2.62. The van der Waals surface area contributed by atoms with Crippen molar-refractivity contribution in [2.24, 2.45) is 17.7 Å². The second kappa shape index (κ2) is 4.50. The van der Waals surface area contributed by atoms with E-state index in [-0.39, 0.29) is 11.8 Å². The molecule has 1 saturated carbocycles. The van der Waals surface area contributed by atoms with Gasteiger partial charge >= 0.3 is 0 Å². The smallest absolute Gasteiger partial charge is 0.241 e. The van der Waals surface area contributed by atoms with Crippen LogP contribution in [0.3, 0.4) is 0 Å². The van der Waals surface area contributed by atoms with Crippen LogP contribution in [-0.4, -0.2) is 12.3 Å². The second-order valence-electron chi connectivity index (χ2n) is 3.45. The fraction of sp³-hybridized carbons (Fsp3) is 0.875. The summed E-state index contributed by atoms with van der Waals surface area (Å²) >= 11 is 0. The Labute approximate surface area is 75.6 Å². The number of nitrogens with one attached hydrogen (secondary N) is 1. The number of rotatable bonds is 2. The fourth-order valence-corrected chi connectivity index (χ4v) is 1.75. The number of hydrogen-bond acceptors (Lipinski definition) is 2. The number of halogens is 2. The number of hydrazine groups is 1. The predicted octanol–water partition coefficient (Wildman–Crippen LogP) is 1.05. The van der Waals surface area contributed by atoms with Gasteiger partial charge in [0.15, 0.2) is 0 Å². The zero-order valence-electron chi connectivity index (χ0n) is 7.30. The molecule has 0 bridgehead atoms. The first-order chi connectivity index (χ1) is 6.15. The first-order valence-electron chi connectivity index (χ1n) is 4.43. The van der Waals surface area contributed by atoms with Crippen LogP contribution in [0.1, 0.15) is 25.7 Å². The lowest BCUT2D eigenvalue weighted by Gasteiger charge is -2.26. The van der Waals surface area contributed by atoms with Gasteiger partial charge in [-0.1, -0.05) is 0 Å². The number of carbonyl (C=O) groups is 1. The first-order valence-corrected chi connectivity index (χ1v) is 4.43. The Kier molecular flexibility index (Phi) is 3.59. The molecule has 5 heteroatoms. The van der Waals surface area contributed by atoms with Crippen molar-refractivity contribution in [3.63, 3.8) is 0 Å². The molecule has 0 heterocycles. The molecule has 0 radical (unpaired) electrons. The standard InChI is InChI=1S/C8H14F2N2O/c9-7(10)5-1-3-6(4-2-5)8(13)12-11/h5-7H,1-4,11H2,(H,12,13)/t5-,6-. The summed E-state index contributed by atoms with van der Waals surface area (Å²) in [7, 11) is 0. The molecule has 1 amide bonds. The Morgan fingerprint density at radius 3 is 2.23 bits per heavy atom. The highest BCUT2D eigenvalue weighted by atomic mass is 19.3. The van der Waals surface area contributed by atoms with Crippen molar-refractivity contribution in [1.82, 2.24) is 5.43 Å². The van der Waals surface area contributed by atoms with Crippen LogP contribution in [0.4, 0.5) is 8.78 Å². The van der Waals surface area contributed by atoms with E-state index in [0.29, 0.717) is 25.7 Å². The highest BCUT2D eigenvalue weighted by molar-refractivity contribution is 5.77. The third-order valence-electron chi connectivity index (χ3n) is 2.64. The van der Waals surface area contributed by atoms with Gasteiger partial charge in [-0.15, -0.1) is 0 Å². The summed E-state index contributed by atoms with van der Waals surface area (Å²) in [6.45, 7) is 0. The van der Waals surface area contributed by atoms with E-state index in [9.17, 15) is 13.6 Å². The molecule has 0 aromatic carbocycles. The summed E-state index contributed by atoms with van der Waals surface area (Å²) in [6, 6.07) is 0. The second-order valence-corrected chi connectivity index (χ2v) is 3.45. The number of amides is 1. The molecule has 1 rings (SSSR count). The van der Waals surface area contributed by atoms with Crippen LogP contribution in [0.2, 0.25) is 0 Å². The predicted molar refractivity (Wildman–Crippen MR) is 43.8 cm³/mol. The minimum Gasteiger partial charge on any atom is -0.294 e. The van der Waals surface area contributed by atoms with E-state index >= 15 is 0 Å². The topological polar surface area (TPSA) is 55.1 Å². The molecule has 0 atom stereocenters. The van der Waals surface area contributed by atoms with Crippen LogP contribution in [0.15, 0.2) is 0 Å². The number of carbonyl (C=O) groups excluding carboxylic acids is 1. The van der Waals surface area contributed by atoms with Gasteiger partial charge in [-0.3, -0.25) is 10.2 Å². The lowest BCUT2D eigenvalue weighted by Crippen LogP contribution is -2.38. The SMILES string of the molecule is NNC(=O)[C@H]1CC[C@H](C(F)F)CC1. The summed E-state index contributed by atoms with van der Waals surface area (Å²) in [5.74, 6) is 4.03. The van der Waals surface area contributed by atoms with E-state index < -0.39 is 12.3 Å². The average Bonchev–Trinajstić information content (AvgIpc) is 2.17. The Hall–Kier alpha value is -0.710. The van der Waals surface area contributed by atoms with Crippen LogP contribution >= 0.6 is 0 Å². The molecule has 13 heavy (non-hydrogen) atoms. The largest absolute Gasteiger partial charge is 0.294 e. The molecule has 76 valence electrons. The molecule has 0 unspecified atom stereocenters.